The predicted octanol–water partition coefficient (Wildman–Crippen LogP) is 1.89. The Hall–Kier alpha value is -4.17. The molecule has 2 aromatic heterocycles. The SMILES string of the molecule is CCCCCCOc1ccccc1OCC(O)CN(C)CCn1cnc2c1c(=O)n(CC)c(=O)n2CC.O=C(O)C(=O)O. The first-order chi connectivity index (χ1) is 20.5. The number of aromatic nitrogens is 4. The van der Waals surface area contributed by atoms with Gasteiger partial charge in [0.15, 0.2) is 22.7 Å². The number of aliphatic carboxylic acids is 2. The van der Waals surface area contributed by atoms with Crippen LogP contribution in [0.1, 0.15) is 46.5 Å². The van der Waals surface area contributed by atoms with Gasteiger partial charge in [-0.25, -0.2) is 19.4 Å². The maximum Gasteiger partial charge on any atom is 0.414 e. The molecule has 0 aliphatic carbocycles. The number of carboxylic acid groups (broad SMARTS) is 2. The number of carbonyl (C=O) groups is 2. The third-order valence-corrected chi connectivity index (χ3v) is 6.58. The fraction of sp³-hybridized carbons (Fsp3) is 0.552. The smallest absolute Gasteiger partial charge is 0.414 e. The molecule has 0 amide bonds. The summed E-state index contributed by atoms with van der Waals surface area (Å²) in [6, 6.07) is 7.53. The van der Waals surface area contributed by atoms with Gasteiger partial charge in [-0.2, -0.15) is 0 Å². The number of nitrogens with zero attached hydrogens (tertiary/aromatic N) is 5. The van der Waals surface area contributed by atoms with Crippen molar-refractivity contribution in [1.82, 2.24) is 23.6 Å². The third-order valence-electron chi connectivity index (χ3n) is 6.58. The summed E-state index contributed by atoms with van der Waals surface area (Å²) in [5, 5.41) is 25.3. The van der Waals surface area contributed by atoms with Gasteiger partial charge in [0.1, 0.15) is 12.7 Å². The molecule has 1 unspecified atom stereocenters. The van der Waals surface area contributed by atoms with Gasteiger partial charge in [-0.15, -0.1) is 0 Å². The van der Waals surface area contributed by atoms with Crippen molar-refractivity contribution in [2.45, 2.75) is 72.2 Å². The molecule has 14 nitrogen and oxygen atoms in total. The number of aliphatic hydroxyl groups is 1. The lowest BCUT2D eigenvalue weighted by Gasteiger charge is -2.21. The molecule has 3 rings (SSSR count). The van der Waals surface area contributed by atoms with Crippen molar-refractivity contribution in [2.75, 3.05) is 33.4 Å². The Morgan fingerprint density at radius 1 is 0.953 bits per heavy atom. The summed E-state index contributed by atoms with van der Waals surface area (Å²) in [6.07, 6.45) is 5.44. The second-order valence-corrected chi connectivity index (χ2v) is 9.88. The molecule has 0 saturated carbocycles. The van der Waals surface area contributed by atoms with Crippen molar-refractivity contribution >= 4 is 23.1 Å². The van der Waals surface area contributed by atoms with Crippen molar-refractivity contribution in [1.29, 1.82) is 0 Å². The van der Waals surface area contributed by atoms with Gasteiger partial charge in [-0.3, -0.25) is 13.9 Å². The first kappa shape index (κ1) is 35.0. The van der Waals surface area contributed by atoms with Gasteiger partial charge in [-0.1, -0.05) is 38.3 Å². The van der Waals surface area contributed by atoms with E-state index < -0.39 is 18.0 Å². The summed E-state index contributed by atoms with van der Waals surface area (Å²) < 4.78 is 16.3. The fourth-order valence-corrected chi connectivity index (χ4v) is 4.34. The molecule has 3 N–H and O–H groups in total. The van der Waals surface area contributed by atoms with Gasteiger partial charge >= 0.3 is 17.6 Å². The van der Waals surface area contributed by atoms with Crippen LogP contribution in [0.3, 0.4) is 0 Å². The predicted molar refractivity (Wildman–Crippen MR) is 160 cm³/mol. The summed E-state index contributed by atoms with van der Waals surface area (Å²) >= 11 is 0. The monoisotopic (exact) mass is 605 g/mol. The quantitative estimate of drug-likeness (QED) is 0.160. The van der Waals surface area contributed by atoms with Crippen LogP contribution in [0.15, 0.2) is 40.2 Å². The highest BCUT2D eigenvalue weighted by Gasteiger charge is 2.17. The normalized spacial score (nSPS) is 11.7. The number of imidazole rings is 1. The van der Waals surface area contributed by atoms with Gasteiger partial charge < -0.3 is 34.3 Å². The number of hydrogen-bond acceptors (Lipinski definition) is 9. The number of unbranched alkanes of at least 4 members (excludes halogenated alkanes) is 3. The van der Waals surface area contributed by atoms with Crippen LogP contribution < -0.4 is 20.7 Å². The van der Waals surface area contributed by atoms with Crippen LogP contribution in [-0.4, -0.2) is 90.3 Å². The molecule has 0 aliphatic rings. The van der Waals surface area contributed by atoms with Crippen LogP contribution in [0.2, 0.25) is 0 Å². The maximum atomic E-state index is 12.9. The van der Waals surface area contributed by atoms with Crippen molar-refractivity contribution < 1.29 is 34.4 Å². The Kier molecular flexibility index (Phi) is 14.4. The summed E-state index contributed by atoms with van der Waals surface area (Å²) in [7, 11) is 1.90. The summed E-state index contributed by atoms with van der Waals surface area (Å²) in [4.78, 5) is 50.0. The molecule has 14 heteroatoms. The molecular weight excluding hydrogens is 562 g/mol. The molecular formula is C29H43N5O9. The number of rotatable bonds is 16. The number of carboxylic acids is 2. The van der Waals surface area contributed by atoms with Gasteiger partial charge in [0.25, 0.3) is 5.56 Å². The zero-order valence-corrected chi connectivity index (χ0v) is 25.3. The van der Waals surface area contributed by atoms with E-state index in [2.05, 4.69) is 11.9 Å². The molecule has 3 aromatic rings. The lowest BCUT2D eigenvalue weighted by molar-refractivity contribution is -0.159. The van der Waals surface area contributed by atoms with Crippen molar-refractivity contribution in [2.24, 2.45) is 0 Å². The lowest BCUT2D eigenvalue weighted by Crippen LogP contribution is -2.40. The minimum absolute atomic E-state index is 0.137. The van der Waals surface area contributed by atoms with E-state index >= 15 is 0 Å². The van der Waals surface area contributed by atoms with E-state index in [1.54, 1.807) is 17.8 Å². The van der Waals surface area contributed by atoms with Gasteiger partial charge in [0, 0.05) is 32.7 Å². The van der Waals surface area contributed by atoms with E-state index in [0.29, 0.717) is 62.0 Å². The van der Waals surface area contributed by atoms with E-state index in [9.17, 15) is 14.7 Å². The topological polar surface area (TPSA) is 178 Å². The van der Waals surface area contributed by atoms with Crippen LogP contribution in [0, 0.1) is 0 Å². The Bertz CT molecular complexity index is 1430. The first-order valence-electron chi connectivity index (χ1n) is 14.4. The summed E-state index contributed by atoms with van der Waals surface area (Å²) in [5.74, 6) is -2.33. The van der Waals surface area contributed by atoms with Crippen LogP contribution in [0.5, 0.6) is 11.5 Å². The Morgan fingerprint density at radius 3 is 2.16 bits per heavy atom. The van der Waals surface area contributed by atoms with Crippen LogP contribution in [0.25, 0.3) is 11.2 Å². The van der Waals surface area contributed by atoms with Crippen molar-refractivity contribution in [3.63, 3.8) is 0 Å². The Labute approximate surface area is 249 Å². The first-order valence-corrected chi connectivity index (χ1v) is 14.4. The minimum atomic E-state index is -1.82. The van der Waals surface area contributed by atoms with Crippen molar-refractivity contribution in [3.8, 4) is 11.5 Å². The molecule has 0 radical (unpaired) electrons. The zero-order chi connectivity index (χ0) is 31.9. The lowest BCUT2D eigenvalue weighted by atomic mass is 10.2. The summed E-state index contributed by atoms with van der Waals surface area (Å²) in [6.45, 7) is 8.82. The standard InChI is InChI=1S/C27H41N5O5.C2H2O4/c1-5-8-9-12-17-36-22-13-10-11-14-23(22)37-19-21(33)18-29(4)15-16-30-20-28-25-24(30)26(34)32(7-3)27(35)31(25)6-2;3-1(4)2(5)6/h10-11,13-14,20-21,33H,5-9,12,15-19H2,1-4H3;(H,3,4)(H,5,6). The van der Waals surface area contributed by atoms with E-state index in [-0.39, 0.29) is 17.9 Å². The number of ether oxygens (including phenoxy) is 2. The third kappa shape index (κ3) is 10.3. The molecule has 0 spiro atoms. The Balaban J connectivity index is 0.000000973. The second kappa shape index (κ2) is 17.7. The van der Waals surface area contributed by atoms with E-state index in [4.69, 9.17) is 29.3 Å². The minimum Gasteiger partial charge on any atom is -0.490 e. The number of aryl methyl sites for hydroxylation is 1. The van der Waals surface area contributed by atoms with Crippen LogP contribution in [0.4, 0.5) is 0 Å². The molecule has 0 fully saturated rings. The highest BCUT2D eigenvalue weighted by Crippen LogP contribution is 2.26. The Morgan fingerprint density at radius 2 is 1.58 bits per heavy atom. The summed E-state index contributed by atoms with van der Waals surface area (Å²) in [5.41, 5.74) is 0.167. The number of fused-ring (bicyclic) bond motifs is 1. The number of likely N-dealkylation sites (N-methyl/N-ethyl adjacent to an activating group) is 1. The highest BCUT2D eigenvalue weighted by atomic mass is 16.5. The van der Waals surface area contributed by atoms with Gasteiger partial charge in [0.2, 0.25) is 0 Å². The van der Waals surface area contributed by atoms with Gasteiger partial charge in [0.05, 0.1) is 12.9 Å². The maximum absolute atomic E-state index is 12.9. The zero-order valence-electron chi connectivity index (χ0n) is 25.3. The molecule has 1 aromatic carbocycles. The molecule has 0 aliphatic heterocycles. The molecule has 2 heterocycles. The largest absolute Gasteiger partial charge is 0.490 e. The van der Waals surface area contributed by atoms with E-state index in [1.807, 2.05) is 43.1 Å². The van der Waals surface area contributed by atoms with Gasteiger partial charge in [-0.05, 0) is 39.4 Å². The number of para-hydroxylation sites is 2. The number of aliphatic hydroxyl groups excluding tert-OH is 1. The molecule has 0 saturated heterocycles. The van der Waals surface area contributed by atoms with Crippen LogP contribution in [-0.2, 0) is 29.2 Å². The highest BCUT2D eigenvalue weighted by molar-refractivity contribution is 6.27. The molecule has 1 atom stereocenters. The molecule has 238 valence electrons. The molecule has 0 bridgehead atoms. The fourth-order valence-electron chi connectivity index (χ4n) is 4.34. The van der Waals surface area contributed by atoms with E-state index in [1.165, 1.54) is 22.0 Å². The number of benzene rings is 1. The van der Waals surface area contributed by atoms with Crippen molar-refractivity contribution in [3.05, 3.63) is 51.4 Å². The molecule has 43 heavy (non-hydrogen) atoms. The van der Waals surface area contributed by atoms with E-state index in [0.717, 1.165) is 12.8 Å². The average molecular weight is 606 g/mol. The second-order valence-electron chi connectivity index (χ2n) is 9.88. The average Bonchev–Trinajstić information content (AvgIpc) is 3.40. The number of hydrogen-bond donors (Lipinski definition) is 3. The van der Waals surface area contributed by atoms with Crippen LogP contribution >= 0.6 is 0 Å².